The summed E-state index contributed by atoms with van der Waals surface area (Å²) in [6.45, 7) is 1.97. The molecule has 6 nitrogen and oxygen atoms in total. The Morgan fingerprint density at radius 2 is 2.21 bits per heavy atom. The molecule has 0 bridgehead atoms. The molecule has 1 rings (SSSR count). The van der Waals surface area contributed by atoms with Gasteiger partial charge < -0.3 is 15.5 Å². The van der Waals surface area contributed by atoms with Gasteiger partial charge in [0.05, 0.1) is 17.6 Å². The Bertz CT molecular complexity index is 411. The van der Waals surface area contributed by atoms with Crippen LogP contribution in [0.1, 0.15) is 31.4 Å². The highest BCUT2D eigenvalue weighted by Crippen LogP contribution is 2.22. The molecule has 0 aliphatic rings. The number of rotatable bonds is 8. The number of nitro benzene ring substituents is 1. The molecule has 0 fully saturated rings. The monoisotopic (exact) mass is 268 g/mol. The van der Waals surface area contributed by atoms with Crippen LogP contribution in [0, 0.1) is 10.1 Å². The lowest BCUT2D eigenvalue weighted by molar-refractivity contribution is -0.384. The lowest BCUT2D eigenvalue weighted by atomic mass is 10.0. The molecule has 6 heteroatoms. The summed E-state index contributed by atoms with van der Waals surface area (Å²) in [5, 5.41) is 32.0. The largest absolute Gasteiger partial charge is 0.394 e. The Labute approximate surface area is 112 Å². The predicted molar refractivity (Wildman–Crippen MR) is 71.8 cm³/mol. The zero-order valence-electron chi connectivity index (χ0n) is 11.0. The second kappa shape index (κ2) is 7.83. The van der Waals surface area contributed by atoms with E-state index < -0.39 is 11.0 Å². The van der Waals surface area contributed by atoms with Crippen molar-refractivity contribution in [3.8, 4) is 0 Å². The van der Waals surface area contributed by atoms with Crippen LogP contribution in [0.5, 0.6) is 0 Å². The molecule has 0 radical (unpaired) electrons. The Morgan fingerprint density at radius 1 is 1.47 bits per heavy atom. The first kappa shape index (κ1) is 15.6. The summed E-state index contributed by atoms with van der Waals surface area (Å²) in [6, 6.07) is 6.41. The van der Waals surface area contributed by atoms with Crippen molar-refractivity contribution in [2.75, 3.05) is 13.2 Å². The van der Waals surface area contributed by atoms with Crippen molar-refractivity contribution in [3.05, 3.63) is 39.9 Å². The van der Waals surface area contributed by atoms with Crippen molar-refractivity contribution < 1.29 is 15.1 Å². The van der Waals surface area contributed by atoms with E-state index in [1.54, 1.807) is 12.1 Å². The first-order chi connectivity index (χ1) is 9.08. The number of aliphatic hydroxyl groups is 2. The van der Waals surface area contributed by atoms with Crippen LogP contribution in [0.2, 0.25) is 0 Å². The van der Waals surface area contributed by atoms with Gasteiger partial charge >= 0.3 is 0 Å². The van der Waals surface area contributed by atoms with Crippen molar-refractivity contribution in [3.63, 3.8) is 0 Å². The molecule has 2 atom stereocenters. The van der Waals surface area contributed by atoms with E-state index in [1.165, 1.54) is 6.07 Å². The molecule has 0 aromatic heterocycles. The third-order valence-corrected chi connectivity index (χ3v) is 2.87. The average molecular weight is 268 g/mol. The molecule has 106 valence electrons. The van der Waals surface area contributed by atoms with E-state index in [-0.39, 0.29) is 24.9 Å². The quantitative estimate of drug-likeness (QED) is 0.489. The first-order valence-corrected chi connectivity index (χ1v) is 6.35. The number of nitro groups is 1. The first-order valence-electron chi connectivity index (χ1n) is 6.35. The smallest absolute Gasteiger partial charge is 0.269 e. The lowest BCUT2D eigenvalue weighted by Gasteiger charge is -2.20. The molecular formula is C13H20N2O4. The maximum Gasteiger partial charge on any atom is 0.269 e. The maximum absolute atomic E-state index is 10.8. The van der Waals surface area contributed by atoms with E-state index in [2.05, 4.69) is 5.32 Å². The van der Waals surface area contributed by atoms with Crippen molar-refractivity contribution in [2.24, 2.45) is 0 Å². The molecule has 0 saturated carbocycles. The SMILES string of the molecule is CCCC(NCC(O)CO)c1cccc([N+](=O)[O-])c1. The summed E-state index contributed by atoms with van der Waals surface area (Å²) < 4.78 is 0. The van der Waals surface area contributed by atoms with Gasteiger partial charge in [-0.05, 0) is 12.0 Å². The number of nitrogens with zero attached hydrogens (tertiary/aromatic N) is 1. The summed E-state index contributed by atoms with van der Waals surface area (Å²) in [7, 11) is 0. The lowest BCUT2D eigenvalue weighted by Crippen LogP contribution is -2.32. The van der Waals surface area contributed by atoms with E-state index in [4.69, 9.17) is 5.11 Å². The van der Waals surface area contributed by atoms with E-state index in [0.717, 1.165) is 18.4 Å². The van der Waals surface area contributed by atoms with Gasteiger partial charge in [0.2, 0.25) is 0 Å². The molecule has 0 amide bonds. The molecule has 0 aliphatic carbocycles. The third-order valence-electron chi connectivity index (χ3n) is 2.87. The van der Waals surface area contributed by atoms with Crippen molar-refractivity contribution in [1.82, 2.24) is 5.32 Å². The fraction of sp³-hybridized carbons (Fsp3) is 0.538. The molecule has 2 unspecified atom stereocenters. The molecule has 0 aliphatic heterocycles. The van der Waals surface area contributed by atoms with Crippen LogP contribution in [-0.4, -0.2) is 34.4 Å². The van der Waals surface area contributed by atoms with Crippen LogP contribution in [0.4, 0.5) is 5.69 Å². The van der Waals surface area contributed by atoms with Gasteiger partial charge in [-0.1, -0.05) is 25.5 Å². The minimum Gasteiger partial charge on any atom is -0.394 e. The Hall–Kier alpha value is -1.50. The summed E-state index contributed by atoms with van der Waals surface area (Å²) in [4.78, 5) is 10.3. The fourth-order valence-corrected chi connectivity index (χ4v) is 1.87. The van der Waals surface area contributed by atoms with Gasteiger partial charge in [0.15, 0.2) is 0 Å². The van der Waals surface area contributed by atoms with Gasteiger partial charge in [0, 0.05) is 24.7 Å². The zero-order chi connectivity index (χ0) is 14.3. The van der Waals surface area contributed by atoms with Gasteiger partial charge in [-0.3, -0.25) is 10.1 Å². The number of nitrogens with one attached hydrogen (secondary N) is 1. The second-order valence-corrected chi connectivity index (χ2v) is 4.44. The minimum atomic E-state index is -0.821. The number of hydrogen-bond acceptors (Lipinski definition) is 5. The van der Waals surface area contributed by atoms with E-state index in [0.29, 0.717) is 0 Å². The van der Waals surface area contributed by atoms with Gasteiger partial charge in [-0.2, -0.15) is 0 Å². The Morgan fingerprint density at radius 3 is 2.79 bits per heavy atom. The Kier molecular flexibility index (Phi) is 6.41. The predicted octanol–water partition coefficient (Wildman–Crippen LogP) is 1.38. The standard InChI is InChI=1S/C13H20N2O4/c1-2-4-13(14-8-12(17)9-16)10-5-3-6-11(7-10)15(18)19/h3,5-7,12-14,16-17H,2,4,8-9H2,1H3. The van der Waals surface area contributed by atoms with E-state index in [1.807, 2.05) is 13.0 Å². The van der Waals surface area contributed by atoms with Crippen LogP contribution >= 0.6 is 0 Å². The van der Waals surface area contributed by atoms with Crippen molar-refractivity contribution in [2.45, 2.75) is 31.9 Å². The number of aliphatic hydroxyl groups excluding tert-OH is 2. The van der Waals surface area contributed by atoms with E-state index in [9.17, 15) is 15.2 Å². The zero-order valence-corrected chi connectivity index (χ0v) is 11.0. The summed E-state index contributed by atoms with van der Waals surface area (Å²) >= 11 is 0. The molecule has 0 heterocycles. The van der Waals surface area contributed by atoms with Crippen LogP contribution in [-0.2, 0) is 0 Å². The number of hydrogen-bond donors (Lipinski definition) is 3. The van der Waals surface area contributed by atoms with Crippen molar-refractivity contribution in [1.29, 1.82) is 0 Å². The van der Waals surface area contributed by atoms with Crippen molar-refractivity contribution >= 4 is 5.69 Å². The summed E-state index contributed by atoms with van der Waals surface area (Å²) in [5.41, 5.74) is 0.879. The topological polar surface area (TPSA) is 95.6 Å². The second-order valence-electron chi connectivity index (χ2n) is 4.44. The molecule has 1 aromatic rings. The molecular weight excluding hydrogens is 248 g/mol. The van der Waals surface area contributed by atoms with Gasteiger partial charge in [-0.25, -0.2) is 0 Å². The number of benzene rings is 1. The molecule has 1 aromatic carbocycles. The highest BCUT2D eigenvalue weighted by atomic mass is 16.6. The highest BCUT2D eigenvalue weighted by Gasteiger charge is 2.15. The minimum absolute atomic E-state index is 0.0584. The van der Waals surface area contributed by atoms with Crippen LogP contribution in [0.15, 0.2) is 24.3 Å². The molecule has 3 N–H and O–H groups in total. The number of non-ortho nitro benzene ring substituents is 1. The van der Waals surface area contributed by atoms with Gasteiger partial charge in [0.25, 0.3) is 5.69 Å². The van der Waals surface area contributed by atoms with Gasteiger partial charge in [0.1, 0.15) is 0 Å². The summed E-state index contributed by atoms with van der Waals surface area (Å²) in [6.07, 6.45) is 0.896. The average Bonchev–Trinajstić information content (AvgIpc) is 2.43. The maximum atomic E-state index is 10.8. The molecule has 0 saturated heterocycles. The van der Waals surface area contributed by atoms with Crippen LogP contribution in [0.3, 0.4) is 0 Å². The van der Waals surface area contributed by atoms with Crippen LogP contribution < -0.4 is 5.32 Å². The highest BCUT2D eigenvalue weighted by molar-refractivity contribution is 5.35. The summed E-state index contributed by atoms with van der Waals surface area (Å²) in [5.74, 6) is 0. The Balaban J connectivity index is 2.79. The van der Waals surface area contributed by atoms with E-state index >= 15 is 0 Å². The van der Waals surface area contributed by atoms with Gasteiger partial charge in [-0.15, -0.1) is 0 Å². The fourth-order valence-electron chi connectivity index (χ4n) is 1.87. The van der Waals surface area contributed by atoms with Crippen LogP contribution in [0.25, 0.3) is 0 Å². The molecule has 19 heavy (non-hydrogen) atoms. The molecule has 0 spiro atoms. The normalized spacial score (nSPS) is 14.1. The third kappa shape index (κ3) is 4.94.